The molecule has 3 N–H and O–H groups in total. The Morgan fingerprint density at radius 2 is 2.08 bits per heavy atom. The highest BCUT2D eigenvalue weighted by atomic mass is 35.5. The summed E-state index contributed by atoms with van der Waals surface area (Å²) in [4.78, 5) is 17.8. The number of halogens is 3. The fourth-order valence-corrected chi connectivity index (χ4v) is 2.65. The molecule has 0 atom stereocenters. The van der Waals surface area contributed by atoms with Gasteiger partial charge in [0, 0.05) is 32.1 Å². The number of para-hydroxylation sites is 1. The number of hydrogen-bond acceptors (Lipinski definition) is 5. The van der Waals surface area contributed by atoms with Crippen molar-refractivity contribution in [1.82, 2.24) is 10.3 Å². The SMILES string of the molecule is CN(CCCNC(=O)c1csc(CN)n1)c1ccccc1F.Cl.Cl. The largest absolute Gasteiger partial charge is 0.372 e. The van der Waals surface area contributed by atoms with E-state index in [1.54, 1.807) is 23.6 Å². The van der Waals surface area contributed by atoms with Gasteiger partial charge in [-0.1, -0.05) is 12.1 Å². The maximum atomic E-state index is 13.6. The second-order valence-electron chi connectivity index (χ2n) is 4.81. The number of thiazole rings is 1. The first-order chi connectivity index (χ1) is 10.6. The molecule has 1 aromatic heterocycles. The van der Waals surface area contributed by atoms with E-state index < -0.39 is 0 Å². The number of aromatic nitrogens is 1. The van der Waals surface area contributed by atoms with E-state index in [1.165, 1.54) is 17.4 Å². The van der Waals surface area contributed by atoms with Crippen LogP contribution in [0.5, 0.6) is 0 Å². The van der Waals surface area contributed by atoms with Gasteiger partial charge in [-0.2, -0.15) is 0 Å². The Hall–Kier alpha value is -1.41. The number of nitrogens with zero attached hydrogens (tertiary/aromatic N) is 2. The van der Waals surface area contributed by atoms with Crippen LogP contribution in [0.25, 0.3) is 0 Å². The minimum Gasteiger partial charge on any atom is -0.372 e. The van der Waals surface area contributed by atoms with E-state index in [1.807, 2.05) is 11.9 Å². The summed E-state index contributed by atoms with van der Waals surface area (Å²) < 4.78 is 13.6. The molecular formula is C15H21Cl2FN4OS. The van der Waals surface area contributed by atoms with Crippen LogP contribution in [0, 0.1) is 5.82 Å². The number of amides is 1. The molecule has 0 aliphatic carbocycles. The average Bonchev–Trinajstić information content (AvgIpc) is 3.00. The van der Waals surface area contributed by atoms with Gasteiger partial charge in [0.2, 0.25) is 0 Å². The van der Waals surface area contributed by atoms with Gasteiger partial charge in [-0.25, -0.2) is 9.37 Å². The van der Waals surface area contributed by atoms with E-state index in [4.69, 9.17) is 5.73 Å². The Labute approximate surface area is 157 Å². The molecule has 0 spiro atoms. The Morgan fingerprint density at radius 1 is 1.38 bits per heavy atom. The predicted octanol–water partition coefficient (Wildman–Crippen LogP) is 2.84. The van der Waals surface area contributed by atoms with Crippen LogP contribution in [0.4, 0.5) is 10.1 Å². The van der Waals surface area contributed by atoms with Crippen molar-refractivity contribution in [2.75, 3.05) is 25.0 Å². The monoisotopic (exact) mass is 394 g/mol. The smallest absolute Gasteiger partial charge is 0.270 e. The summed E-state index contributed by atoms with van der Waals surface area (Å²) in [6.07, 6.45) is 0.713. The van der Waals surface area contributed by atoms with Gasteiger partial charge in [0.1, 0.15) is 16.5 Å². The molecule has 24 heavy (non-hydrogen) atoms. The zero-order valence-electron chi connectivity index (χ0n) is 13.2. The molecular weight excluding hydrogens is 374 g/mol. The summed E-state index contributed by atoms with van der Waals surface area (Å²) in [5.74, 6) is -0.449. The van der Waals surface area contributed by atoms with Crippen LogP contribution in [-0.2, 0) is 6.54 Å². The third-order valence-corrected chi connectivity index (χ3v) is 4.05. The second kappa shape index (κ2) is 11.2. The highest BCUT2D eigenvalue weighted by Gasteiger charge is 2.10. The van der Waals surface area contributed by atoms with E-state index in [2.05, 4.69) is 10.3 Å². The maximum absolute atomic E-state index is 13.6. The van der Waals surface area contributed by atoms with Gasteiger partial charge in [-0.3, -0.25) is 4.79 Å². The Balaban J connectivity index is 0.00000264. The lowest BCUT2D eigenvalue weighted by atomic mass is 10.2. The van der Waals surface area contributed by atoms with Crippen LogP contribution in [0.15, 0.2) is 29.6 Å². The number of carbonyl (C=O) groups is 1. The van der Waals surface area contributed by atoms with Crippen molar-refractivity contribution in [2.24, 2.45) is 5.73 Å². The third-order valence-electron chi connectivity index (χ3n) is 3.18. The minimum absolute atomic E-state index is 0. The van der Waals surface area contributed by atoms with Gasteiger partial charge in [0.15, 0.2) is 0 Å². The van der Waals surface area contributed by atoms with Crippen molar-refractivity contribution in [3.05, 3.63) is 46.2 Å². The number of benzene rings is 1. The standard InChI is InChI=1S/C15H19FN4OS.2ClH/c1-20(13-6-3-2-5-11(13)16)8-4-7-18-15(21)12-10-22-14(9-17)19-12;;/h2-3,5-6,10H,4,7-9,17H2,1H3,(H,18,21);2*1H. The number of nitrogens with two attached hydrogens (primary N) is 1. The van der Waals surface area contributed by atoms with Gasteiger partial charge >= 0.3 is 0 Å². The molecule has 0 saturated heterocycles. The van der Waals surface area contributed by atoms with Crippen molar-refractivity contribution < 1.29 is 9.18 Å². The molecule has 2 aromatic rings. The number of nitrogens with one attached hydrogen (secondary N) is 1. The molecule has 2 rings (SSSR count). The first kappa shape index (κ1) is 22.6. The summed E-state index contributed by atoms with van der Waals surface area (Å²) in [5.41, 5.74) is 6.42. The fraction of sp³-hybridized carbons (Fsp3) is 0.333. The van der Waals surface area contributed by atoms with E-state index in [0.717, 1.165) is 5.01 Å². The molecule has 0 bridgehead atoms. The quantitative estimate of drug-likeness (QED) is 0.708. The molecule has 134 valence electrons. The number of hydrogen-bond donors (Lipinski definition) is 2. The van der Waals surface area contributed by atoms with Crippen molar-refractivity contribution >= 4 is 47.7 Å². The highest BCUT2D eigenvalue weighted by Crippen LogP contribution is 2.16. The molecule has 0 fully saturated rings. The van der Waals surface area contributed by atoms with E-state index in [-0.39, 0.29) is 36.5 Å². The predicted molar refractivity (Wildman–Crippen MR) is 101 cm³/mol. The molecule has 0 unspecified atom stereocenters. The number of rotatable bonds is 7. The molecule has 0 aliphatic heterocycles. The second-order valence-corrected chi connectivity index (χ2v) is 5.76. The summed E-state index contributed by atoms with van der Waals surface area (Å²) in [5, 5.41) is 5.24. The van der Waals surface area contributed by atoms with Crippen LogP contribution in [0.2, 0.25) is 0 Å². The first-order valence-electron chi connectivity index (χ1n) is 7.00. The number of carbonyl (C=O) groups excluding carboxylic acids is 1. The molecule has 0 aliphatic rings. The normalized spacial score (nSPS) is 9.62. The van der Waals surface area contributed by atoms with E-state index >= 15 is 0 Å². The Kier molecular flexibility index (Phi) is 10.5. The zero-order valence-corrected chi connectivity index (χ0v) is 15.6. The lowest BCUT2D eigenvalue weighted by Gasteiger charge is -2.19. The summed E-state index contributed by atoms with van der Waals surface area (Å²) in [6.45, 7) is 1.49. The van der Waals surface area contributed by atoms with Crippen LogP contribution < -0.4 is 16.0 Å². The van der Waals surface area contributed by atoms with Gasteiger partial charge in [-0.15, -0.1) is 36.2 Å². The first-order valence-corrected chi connectivity index (χ1v) is 7.88. The summed E-state index contributed by atoms with van der Waals surface area (Å²) in [7, 11) is 1.83. The Morgan fingerprint density at radius 3 is 2.71 bits per heavy atom. The molecule has 9 heteroatoms. The van der Waals surface area contributed by atoms with Crippen molar-refractivity contribution in [1.29, 1.82) is 0 Å². The van der Waals surface area contributed by atoms with Crippen LogP contribution >= 0.6 is 36.2 Å². The van der Waals surface area contributed by atoms with E-state index in [9.17, 15) is 9.18 Å². The summed E-state index contributed by atoms with van der Waals surface area (Å²) >= 11 is 1.37. The molecule has 1 heterocycles. The molecule has 1 aromatic carbocycles. The van der Waals surface area contributed by atoms with Crippen LogP contribution in [-0.4, -0.2) is 31.0 Å². The van der Waals surface area contributed by atoms with Gasteiger partial charge in [-0.05, 0) is 18.6 Å². The zero-order chi connectivity index (χ0) is 15.9. The van der Waals surface area contributed by atoms with Gasteiger partial charge < -0.3 is 16.0 Å². The fourth-order valence-electron chi connectivity index (χ4n) is 2.00. The van der Waals surface area contributed by atoms with Crippen LogP contribution in [0.3, 0.4) is 0 Å². The van der Waals surface area contributed by atoms with Gasteiger partial charge in [0.25, 0.3) is 5.91 Å². The van der Waals surface area contributed by atoms with E-state index in [0.29, 0.717) is 37.4 Å². The Bertz CT molecular complexity index is 641. The van der Waals surface area contributed by atoms with Gasteiger partial charge in [0.05, 0.1) is 5.69 Å². The lowest BCUT2D eigenvalue weighted by molar-refractivity contribution is 0.0949. The minimum atomic E-state index is -0.245. The van der Waals surface area contributed by atoms with Crippen molar-refractivity contribution in [2.45, 2.75) is 13.0 Å². The van der Waals surface area contributed by atoms with Crippen LogP contribution in [0.1, 0.15) is 21.9 Å². The molecule has 1 amide bonds. The highest BCUT2D eigenvalue weighted by molar-refractivity contribution is 7.09. The molecule has 5 nitrogen and oxygen atoms in total. The molecule has 0 saturated carbocycles. The average molecular weight is 395 g/mol. The topological polar surface area (TPSA) is 71.2 Å². The molecule has 0 radical (unpaired) electrons. The van der Waals surface area contributed by atoms with Crippen molar-refractivity contribution in [3.63, 3.8) is 0 Å². The van der Waals surface area contributed by atoms with Crippen molar-refractivity contribution in [3.8, 4) is 0 Å². The lowest BCUT2D eigenvalue weighted by Crippen LogP contribution is -2.28. The maximum Gasteiger partial charge on any atom is 0.270 e. The number of anilines is 1. The third kappa shape index (κ3) is 6.24. The summed E-state index contributed by atoms with van der Waals surface area (Å²) in [6, 6.07) is 6.63.